The van der Waals surface area contributed by atoms with Gasteiger partial charge in [0, 0.05) is 15.6 Å². The van der Waals surface area contributed by atoms with Crippen molar-refractivity contribution in [2.45, 2.75) is 6.36 Å². The van der Waals surface area contributed by atoms with Crippen LogP contribution in [-0.4, -0.2) is 18.5 Å². The van der Waals surface area contributed by atoms with Crippen LogP contribution in [0.5, 0.6) is 11.5 Å². The number of rotatable bonds is 3. The second-order valence-corrected chi connectivity index (χ2v) is 5.89. The number of ether oxygens (including phenoxy) is 2. The average Bonchev–Trinajstić information content (AvgIpc) is 2.52. The van der Waals surface area contributed by atoms with E-state index in [4.69, 9.17) is 38.9 Å². The molecule has 0 aliphatic carbocycles. The summed E-state index contributed by atoms with van der Waals surface area (Å²) in [5.74, 6) is 0.159. The molecule has 2 rings (SSSR count). The molecule has 0 amide bonds. The van der Waals surface area contributed by atoms with Crippen molar-refractivity contribution in [1.82, 2.24) is 0 Å². The van der Waals surface area contributed by atoms with Crippen molar-refractivity contribution < 1.29 is 22.6 Å². The minimum atomic E-state index is -4.77. The molecule has 0 saturated carbocycles. The Kier molecular flexibility index (Phi) is 7.96. The Labute approximate surface area is 162 Å². The number of hydrogen-bond acceptors (Lipinski definition) is 4. The van der Waals surface area contributed by atoms with Crippen LogP contribution in [0.15, 0.2) is 36.4 Å². The number of benzene rings is 2. The van der Waals surface area contributed by atoms with E-state index in [1.54, 1.807) is 18.2 Å². The Morgan fingerprint density at radius 2 is 1.65 bits per heavy atom. The fraction of sp³-hybridized carbons (Fsp3) is 0.125. The third-order valence-electron chi connectivity index (χ3n) is 2.63. The molecule has 0 bridgehead atoms. The molecule has 2 aromatic carbocycles. The van der Waals surface area contributed by atoms with Gasteiger partial charge in [-0.05, 0) is 36.4 Å². The van der Waals surface area contributed by atoms with Crippen molar-refractivity contribution in [2.24, 2.45) is 5.73 Å². The van der Waals surface area contributed by atoms with Crippen LogP contribution in [0.4, 0.5) is 13.2 Å². The van der Waals surface area contributed by atoms with E-state index in [0.29, 0.717) is 16.3 Å². The van der Waals surface area contributed by atoms with Crippen molar-refractivity contribution in [3.05, 3.63) is 57.6 Å². The topological polar surface area (TPSA) is 68.3 Å². The lowest BCUT2D eigenvalue weighted by Crippen LogP contribution is -2.18. The highest BCUT2D eigenvalue weighted by molar-refractivity contribution is 7.80. The van der Waals surface area contributed by atoms with E-state index in [2.05, 4.69) is 17.0 Å². The van der Waals surface area contributed by atoms with Gasteiger partial charge in [0.2, 0.25) is 0 Å². The zero-order valence-corrected chi connectivity index (χ0v) is 15.4. The molecule has 0 heterocycles. The van der Waals surface area contributed by atoms with Gasteiger partial charge in [-0.3, -0.25) is 0 Å². The fourth-order valence-electron chi connectivity index (χ4n) is 1.64. The van der Waals surface area contributed by atoms with E-state index in [0.717, 1.165) is 12.1 Å². The molecule has 0 fully saturated rings. The molecule has 2 N–H and O–H groups in total. The molecule has 0 aromatic heterocycles. The van der Waals surface area contributed by atoms with Gasteiger partial charge in [-0.2, -0.15) is 5.26 Å². The number of thiocarbonyl (C=S) groups is 1. The Balaban J connectivity index is 0.000000273. The smallest absolute Gasteiger partial charge is 0.497 e. The van der Waals surface area contributed by atoms with Gasteiger partial charge in [-0.25, -0.2) is 0 Å². The summed E-state index contributed by atoms with van der Waals surface area (Å²) in [6.07, 6.45) is -4.77. The van der Waals surface area contributed by atoms with Crippen molar-refractivity contribution >= 4 is 40.4 Å². The maximum Gasteiger partial charge on any atom is 0.573 e. The van der Waals surface area contributed by atoms with Gasteiger partial charge < -0.3 is 15.2 Å². The molecule has 4 nitrogen and oxygen atoms in total. The van der Waals surface area contributed by atoms with Gasteiger partial charge in [0.05, 0.1) is 18.7 Å². The third-order valence-corrected chi connectivity index (χ3v) is 3.30. The number of nitriles is 1. The third kappa shape index (κ3) is 7.78. The highest BCUT2D eigenvalue weighted by Gasteiger charge is 2.31. The molecule has 10 heteroatoms. The lowest BCUT2D eigenvalue weighted by Gasteiger charge is -2.10. The summed E-state index contributed by atoms with van der Waals surface area (Å²) in [7, 11) is 1.53. The SMILES string of the molecule is COc1cc(Cl)cc(C#N)c1.NC(=S)c1cc(Cl)cc(OC(F)(F)F)c1. The second-order valence-electron chi connectivity index (χ2n) is 4.58. The van der Waals surface area contributed by atoms with Gasteiger partial charge >= 0.3 is 6.36 Å². The first-order chi connectivity index (χ1) is 12.0. The summed E-state index contributed by atoms with van der Waals surface area (Å²) < 4.78 is 44.2. The normalized spacial score (nSPS) is 10.2. The van der Waals surface area contributed by atoms with Gasteiger partial charge in [0.25, 0.3) is 0 Å². The van der Waals surface area contributed by atoms with Crippen molar-refractivity contribution in [1.29, 1.82) is 5.26 Å². The largest absolute Gasteiger partial charge is 0.573 e. The zero-order valence-electron chi connectivity index (χ0n) is 13.1. The van der Waals surface area contributed by atoms with Crippen LogP contribution in [0, 0.1) is 11.3 Å². The summed E-state index contributed by atoms with van der Waals surface area (Å²) in [4.78, 5) is -0.0514. The predicted molar refractivity (Wildman–Crippen MR) is 96.7 cm³/mol. The van der Waals surface area contributed by atoms with Crippen molar-refractivity contribution in [3.63, 3.8) is 0 Å². The van der Waals surface area contributed by atoms with Crippen LogP contribution in [0.3, 0.4) is 0 Å². The summed E-state index contributed by atoms with van der Waals surface area (Å²) in [6, 6.07) is 10.3. The van der Waals surface area contributed by atoms with Crippen LogP contribution in [0.25, 0.3) is 0 Å². The molecular formula is C16H11Cl2F3N2O2S. The molecule has 0 radical (unpaired) electrons. The first-order valence-corrected chi connectivity index (χ1v) is 7.81. The number of hydrogen-bond donors (Lipinski definition) is 1. The number of nitrogens with two attached hydrogens (primary N) is 1. The standard InChI is InChI=1S/C8H5ClF3NOS.C8H6ClNO/c9-5-1-4(7(13)15)2-6(3-5)14-8(10,11)12;1-11-8-3-6(5-10)2-7(9)4-8/h1-3H,(H2,13,15);2-4H,1H3. The quantitative estimate of drug-likeness (QED) is 0.697. The molecule has 26 heavy (non-hydrogen) atoms. The lowest BCUT2D eigenvalue weighted by atomic mass is 10.2. The molecule has 0 aliphatic rings. The molecule has 2 aromatic rings. The number of alkyl halides is 3. The van der Waals surface area contributed by atoms with Gasteiger partial charge in [0.15, 0.2) is 0 Å². The molecule has 0 aliphatic heterocycles. The van der Waals surface area contributed by atoms with Crippen LogP contribution < -0.4 is 15.2 Å². The molecule has 0 saturated heterocycles. The van der Waals surface area contributed by atoms with E-state index in [9.17, 15) is 13.2 Å². The highest BCUT2D eigenvalue weighted by Crippen LogP contribution is 2.27. The Morgan fingerprint density at radius 3 is 2.15 bits per heavy atom. The zero-order chi connectivity index (χ0) is 19.9. The van der Waals surface area contributed by atoms with Crippen LogP contribution in [0.1, 0.15) is 11.1 Å². The fourth-order valence-corrected chi connectivity index (χ4v) is 2.21. The van der Waals surface area contributed by atoms with Crippen LogP contribution in [0.2, 0.25) is 10.0 Å². The summed E-state index contributed by atoms with van der Waals surface area (Å²) in [6.45, 7) is 0. The predicted octanol–water partition coefficient (Wildman–Crippen LogP) is 5.09. The number of methoxy groups -OCH3 is 1. The average molecular weight is 423 g/mol. The van der Waals surface area contributed by atoms with Gasteiger partial charge in [-0.1, -0.05) is 35.4 Å². The van der Waals surface area contributed by atoms with E-state index in [-0.39, 0.29) is 15.6 Å². The molecule has 138 valence electrons. The molecule has 0 atom stereocenters. The van der Waals surface area contributed by atoms with E-state index in [1.165, 1.54) is 13.2 Å². The van der Waals surface area contributed by atoms with Crippen LogP contribution in [-0.2, 0) is 0 Å². The lowest BCUT2D eigenvalue weighted by molar-refractivity contribution is -0.274. The first-order valence-electron chi connectivity index (χ1n) is 6.65. The maximum atomic E-state index is 11.9. The minimum absolute atomic E-state index is 0.0514. The Morgan fingerprint density at radius 1 is 1.08 bits per heavy atom. The molecule has 0 unspecified atom stereocenters. The maximum absolute atomic E-state index is 11.9. The monoisotopic (exact) mass is 422 g/mol. The van der Waals surface area contributed by atoms with Crippen LogP contribution >= 0.6 is 35.4 Å². The van der Waals surface area contributed by atoms with Gasteiger partial charge in [-0.15, -0.1) is 13.2 Å². The van der Waals surface area contributed by atoms with E-state index in [1.807, 2.05) is 6.07 Å². The summed E-state index contributed by atoms with van der Waals surface area (Å²) in [5, 5.41) is 9.10. The molecular weight excluding hydrogens is 412 g/mol. The summed E-state index contributed by atoms with van der Waals surface area (Å²) in [5.41, 5.74) is 5.98. The first kappa shape index (κ1) is 21.8. The Bertz CT molecular complexity index is 839. The van der Waals surface area contributed by atoms with E-state index >= 15 is 0 Å². The minimum Gasteiger partial charge on any atom is -0.497 e. The van der Waals surface area contributed by atoms with Crippen molar-refractivity contribution in [3.8, 4) is 17.6 Å². The Hall–Kier alpha value is -2.21. The summed E-state index contributed by atoms with van der Waals surface area (Å²) >= 11 is 15.8. The highest BCUT2D eigenvalue weighted by atomic mass is 35.5. The molecule has 0 spiro atoms. The van der Waals surface area contributed by atoms with E-state index < -0.39 is 12.1 Å². The van der Waals surface area contributed by atoms with Gasteiger partial charge in [0.1, 0.15) is 16.5 Å². The number of nitrogens with zero attached hydrogens (tertiary/aromatic N) is 1. The second kappa shape index (κ2) is 9.48. The number of halogens is 5. The van der Waals surface area contributed by atoms with Crippen molar-refractivity contribution in [2.75, 3.05) is 7.11 Å².